The second kappa shape index (κ2) is 7.68. The highest BCUT2D eigenvalue weighted by Crippen LogP contribution is 2.11. The van der Waals surface area contributed by atoms with Crippen molar-refractivity contribution in [3.05, 3.63) is 27.8 Å². The SMILES string of the molecule is NC(=O)CCC(NC(=O)Nc1ccc(I)cc1)C(=O)O. The van der Waals surface area contributed by atoms with E-state index in [9.17, 15) is 14.4 Å². The second-order valence-corrected chi connectivity index (χ2v) is 5.25. The predicted molar refractivity (Wildman–Crippen MR) is 81.2 cm³/mol. The Kier molecular flexibility index (Phi) is 6.22. The zero-order valence-corrected chi connectivity index (χ0v) is 12.6. The van der Waals surface area contributed by atoms with Gasteiger partial charge in [-0.05, 0) is 53.3 Å². The summed E-state index contributed by atoms with van der Waals surface area (Å²) in [6.45, 7) is 0. The number of primary amides is 1. The van der Waals surface area contributed by atoms with Crippen molar-refractivity contribution in [2.75, 3.05) is 5.32 Å². The fourth-order valence-electron chi connectivity index (χ4n) is 1.40. The fraction of sp³-hybridized carbons (Fsp3) is 0.250. The molecule has 0 radical (unpaired) electrons. The number of carboxylic acid groups (broad SMARTS) is 1. The Labute approximate surface area is 129 Å². The molecular formula is C12H14IN3O4. The summed E-state index contributed by atoms with van der Waals surface area (Å²) < 4.78 is 1.01. The quantitative estimate of drug-likeness (QED) is 0.543. The van der Waals surface area contributed by atoms with Crippen LogP contribution in [-0.2, 0) is 9.59 Å². The number of aliphatic carboxylic acids is 1. The van der Waals surface area contributed by atoms with Crippen LogP contribution < -0.4 is 16.4 Å². The molecule has 1 aromatic rings. The average Bonchev–Trinajstić information content (AvgIpc) is 2.36. The molecule has 1 aromatic carbocycles. The average molecular weight is 391 g/mol. The molecule has 1 unspecified atom stereocenters. The van der Waals surface area contributed by atoms with Crippen LogP contribution in [0.5, 0.6) is 0 Å². The van der Waals surface area contributed by atoms with Crippen molar-refractivity contribution in [2.45, 2.75) is 18.9 Å². The van der Waals surface area contributed by atoms with Crippen molar-refractivity contribution >= 4 is 46.2 Å². The molecule has 0 heterocycles. The van der Waals surface area contributed by atoms with Gasteiger partial charge in [-0.25, -0.2) is 9.59 Å². The molecule has 0 aromatic heterocycles. The summed E-state index contributed by atoms with van der Waals surface area (Å²) in [4.78, 5) is 33.2. The Balaban J connectivity index is 2.55. The summed E-state index contributed by atoms with van der Waals surface area (Å²) in [5.74, 6) is -1.83. The van der Waals surface area contributed by atoms with Crippen molar-refractivity contribution in [3.63, 3.8) is 0 Å². The number of urea groups is 1. The molecule has 0 spiro atoms. The van der Waals surface area contributed by atoms with E-state index in [1.165, 1.54) is 0 Å². The van der Waals surface area contributed by atoms with Gasteiger partial charge < -0.3 is 21.5 Å². The van der Waals surface area contributed by atoms with Gasteiger partial charge in [0.25, 0.3) is 0 Å². The number of benzene rings is 1. The highest BCUT2D eigenvalue weighted by atomic mass is 127. The van der Waals surface area contributed by atoms with Crippen LogP contribution >= 0.6 is 22.6 Å². The minimum Gasteiger partial charge on any atom is -0.480 e. The summed E-state index contributed by atoms with van der Waals surface area (Å²) in [5, 5.41) is 13.7. The van der Waals surface area contributed by atoms with Gasteiger partial charge in [0.15, 0.2) is 0 Å². The predicted octanol–water partition coefficient (Wildman–Crippen LogP) is 1.13. The highest BCUT2D eigenvalue weighted by Gasteiger charge is 2.20. The summed E-state index contributed by atoms with van der Waals surface area (Å²) in [6, 6.07) is 5.19. The Morgan fingerprint density at radius 1 is 1.25 bits per heavy atom. The van der Waals surface area contributed by atoms with Crippen molar-refractivity contribution in [2.24, 2.45) is 5.73 Å². The van der Waals surface area contributed by atoms with Crippen LogP contribution in [0, 0.1) is 3.57 Å². The third kappa shape index (κ3) is 5.87. The molecule has 108 valence electrons. The Bertz CT molecular complexity index is 504. The van der Waals surface area contributed by atoms with Crippen LogP contribution in [0.25, 0.3) is 0 Å². The molecule has 1 rings (SSSR count). The monoisotopic (exact) mass is 391 g/mol. The van der Waals surface area contributed by atoms with E-state index in [-0.39, 0.29) is 12.8 Å². The summed E-state index contributed by atoms with van der Waals surface area (Å²) in [6.07, 6.45) is -0.161. The largest absolute Gasteiger partial charge is 0.480 e. The summed E-state index contributed by atoms with van der Waals surface area (Å²) >= 11 is 2.13. The van der Waals surface area contributed by atoms with E-state index in [0.717, 1.165) is 3.57 Å². The topological polar surface area (TPSA) is 122 Å². The molecule has 1 atom stereocenters. The maximum absolute atomic E-state index is 11.7. The zero-order chi connectivity index (χ0) is 15.1. The number of hydrogen-bond donors (Lipinski definition) is 4. The maximum atomic E-state index is 11.7. The molecule has 0 aliphatic carbocycles. The van der Waals surface area contributed by atoms with Crippen molar-refractivity contribution in [1.29, 1.82) is 0 Å². The smallest absolute Gasteiger partial charge is 0.326 e. The van der Waals surface area contributed by atoms with Gasteiger partial charge in [0.1, 0.15) is 6.04 Å². The first kappa shape index (κ1) is 16.2. The number of halogens is 1. The molecule has 0 bridgehead atoms. The number of hydrogen-bond acceptors (Lipinski definition) is 3. The number of nitrogens with two attached hydrogens (primary N) is 1. The highest BCUT2D eigenvalue weighted by molar-refractivity contribution is 14.1. The van der Waals surface area contributed by atoms with Crippen LogP contribution in [0.15, 0.2) is 24.3 Å². The minimum atomic E-state index is -1.22. The molecule has 5 N–H and O–H groups in total. The number of rotatable bonds is 6. The van der Waals surface area contributed by atoms with Crippen LogP contribution in [-0.4, -0.2) is 29.1 Å². The minimum absolute atomic E-state index is 0.0508. The van der Waals surface area contributed by atoms with Gasteiger partial charge >= 0.3 is 12.0 Å². The molecule has 20 heavy (non-hydrogen) atoms. The first-order valence-corrected chi connectivity index (χ1v) is 6.80. The molecule has 0 saturated heterocycles. The van der Waals surface area contributed by atoms with Crippen LogP contribution in [0.4, 0.5) is 10.5 Å². The summed E-state index contributed by atoms with van der Waals surface area (Å²) in [5.41, 5.74) is 5.49. The Morgan fingerprint density at radius 2 is 1.85 bits per heavy atom. The first-order valence-electron chi connectivity index (χ1n) is 5.72. The van der Waals surface area contributed by atoms with E-state index in [1.54, 1.807) is 24.3 Å². The lowest BCUT2D eigenvalue weighted by molar-refractivity contribution is -0.139. The van der Waals surface area contributed by atoms with Gasteiger partial charge in [0.2, 0.25) is 5.91 Å². The zero-order valence-electron chi connectivity index (χ0n) is 10.4. The van der Waals surface area contributed by atoms with Crippen molar-refractivity contribution < 1.29 is 19.5 Å². The van der Waals surface area contributed by atoms with E-state index in [1.807, 2.05) is 0 Å². The van der Waals surface area contributed by atoms with Gasteiger partial charge in [-0.1, -0.05) is 0 Å². The van der Waals surface area contributed by atoms with Crippen molar-refractivity contribution in [1.82, 2.24) is 5.32 Å². The van der Waals surface area contributed by atoms with Gasteiger partial charge in [-0.3, -0.25) is 4.79 Å². The third-order valence-corrected chi connectivity index (χ3v) is 3.10. The molecule has 8 heteroatoms. The van der Waals surface area contributed by atoms with Gasteiger partial charge in [0, 0.05) is 15.7 Å². The number of nitrogens with one attached hydrogen (secondary N) is 2. The Hall–Kier alpha value is -1.84. The number of carboxylic acids is 1. The lowest BCUT2D eigenvalue weighted by atomic mass is 10.1. The Morgan fingerprint density at radius 3 is 2.35 bits per heavy atom. The third-order valence-electron chi connectivity index (χ3n) is 2.38. The maximum Gasteiger partial charge on any atom is 0.326 e. The van der Waals surface area contributed by atoms with Crippen molar-refractivity contribution in [3.8, 4) is 0 Å². The molecule has 0 fully saturated rings. The molecular weight excluding hydrogens is 377 g/mol. The normalized spacial score (nSPS) is 11.4. The van der Waals surface area contributed by atoms with Gasteiger partial charge in [-0.15, -0.1) is 0 Å². The molecule has 0 saturated carbocycles. The van der Waals surface area contributed by atoms with E-state index in [4.69, 9.17) is 10.8 Å². The standard InChI is InChI=1S/C12H14IN3O4/c13-7-1-3-8(4-2-7)15-12(20)16-9(11(18)19)5-6-10(14)17/h1-4,9H,5-6H2,(H2,14,17)(H,18,19)(H2,15,16,20). The van der Waals surface area contributed by atoms with Gasteiger partial charge in [-0.2, -0.15) is 0 Å². The van der Waals surface area contributed by atoms with E-state index >= 15 is 0 Å². The second-order valence-electron chi connectivity index (χ2n) is 4.00. The lowest BCUT2D eigenvalue weighted by Gasteiger charge is -2.14. The molecule has 7 nitrogen and oxygen atoms in total. The fourth-order valence-corrected chi connectivity index (χ4v) is 1.76. The van der Waals surface area contributed by atoms with Crippen LogP contribution in [0.2, 0.25) is 0 Å². The first-order chi connectivity index (χ1) is 9.38. The van der Waals surface area contributed by atoms with E-state index < -0.39 is 23.9 Å². The summed E-state index contributed by atoms with van der Waals surface area (Å²) in [7, 11) is 0. The number of carbonyl (C=O) groups excluding carboxylic acids is 2. The number of carbonyl (C=O) groups is 3. The van der Waals surface area contributed by atoms with Gasteiger partial charge in [0.05, 0.1) is 0 Å². The molecule has 0 aliphatic heterocycles. The lowest BCUT2D eigenvalue weighted by Crippen LogP contribution is -2.43. The van der Waals surface area contributed by atoms with E-state index in [0.29, 0.717) is 5.69 Å². The van der Waals surface area contributed by atoms with E-state index in [2.05, 4.69) is 33.2 Å². The van der Waals surface area contributed by atoms with Crippen LogP contribution in [0.3, 0.4) is 0 Å². The molecule has 3 amide bonds. The number of anilines is 1. The van der Waals surface area contributed by atoms with Crippen LogP contribution in [0.1, 0.15) is 12.8 Å². The molecule has 0 aliphatic rings. The number of amides is 3.